The Morgan fingerprint density at radius 1 is 1.00 bits per heavy atom. The molecule has 0 saturated carbocycles. The molecule has 1 aliphatic rings. The first-order valence-electron chi connectivity index (χ1n) is 11.0. The van der Waals surface area contributed by atoms with E-state index in [0.29, 0.717) is 42.9 Å². The molecule has 2 nitrogen and oxygen atoms in total. The van der Waals surface area contributed by atoms with Crippen molar-refractivity contribution in [3.63, 3.8) is 0 Å². The summed E-state index contributed by atoms with van der Waals surface area (Å²) in [5, 5.41) is 1.47. The third-order valence-electron chi connectivity index (χ3n) is 5.94. The van der Waals surface area contributed by atoms with Crippen molar-refractivity contribution in [2.24, 2.45) is 5.92 Å². The Bertz CT molecular complexity index is 1100. The van der Waals surface area contributed by atoms with Crippen LogP contribution in [0.5, 0.6) is 0 Å². The molecule has 0 aromatic heterocycles. The fourth-order valence-electron chi connectivity index (χ4n) is 4.07. The Morgan fingerprint density at radius 2 is 1.81 bits per heavy atom. The van der Waals surface area contributed by atoms with Gasteiger partial charge in [0.05, 0.1) is 18.2 Å². The van der Waals surface area contributed by atoms with Gasteiger partial charge in [-0.1, -0.05) is 54.1 Å². The van der Waals surface area contributed by atoms with Crippen LogP contribution < -0.4 is 0 Å². The predicted octanol–water partition coefficient (Wildman–Crippen LogP) is 7.57. The van der Waals surface area contributed by atoms with Crippen LogP contribution in [0.25, 0.3) is 10.8 Å². The first kappa shape index (κ1) is 22.9. The minimum absolute atomic E-state index is 0.0940. The zero-order chi connectivity index (χ0) is 22.5. The quantitative estimate of drug-likeness (QED) is 0.341. The first-order valence-corrected chi connectivity index (χ1v) is 11.4. The number of rotatable bonds is 7. The number of benzene rings is 3. The Hall–Kier alpha value is -2.27. The third kappa shape index (κ3) is 5.37. The van der Waals surface area contributed by atoms with E-state index in [-0.39, 0.29) is 10.8 Å². The maximum atomic E-state index is 15.1. The normalized spacial score (nSPS) is 19.1. The van der Waals surface area contributed by atoms with Gasteiger partial charge in [0.25, 0.3) is 0 Å². The molecule has 0 radical (unpaired) electrons. The van der Waals surface area contributed by atoms with Crippen molar-refractivity contribution in [3.8, 4) is 0 Å². The lowest BCUT2D eigenvalue weighted by molar-refractivity contribution is -0.205. The summed E-state index contributed by atoms with van der Waals surface area (Å²) in [4.78, 5) is 0. The molecule has 1 saturated heterocycles. The van der Waals surface area contributed by atoms with E-state index in [4.69, 9.17) is 21.1 Å². The van der Waals surface area contributed by atoms with Crippen molar-refractivity contribution >= 4 is 22.4 Å². The number of halogens is 3. The van der Waals surface area contributed by atoms with Crippen LogP contribution in [0.4, 0.5) is 8.78 Å². The van der Waals surface area contributed by atoms with E-state index in [1.807, 2.05) is 25.1 Å². The fourth-order valence-corrected chi connectivity index (χ4v) is 4.19. The van der Waals surface area contributed by atoms with Gasteiger partial charge in [-0.2, -0.15) is 0 Å². The van der Waals surface area contributed by atoms with Gasteiger partial charge in [-0.3, -0.25) is 0 Å². The number of hydrogen-bond acceptors (Lipinski definition) is 2. The van der Waals surface area contributed by atoms with Gasteiger partial charge >= 0.3 is 0 Å². The molecule has 0 atom stereocenters. The molecule has 0 amide bonds. The highest BCUT2D eigenvalue weighted by molar-refractivity contribution is 6.30. The highest BCUT2D eigenvalue weighted by Crippen LogP contribution is 2.31. The summed E-state index contributed by atoms with van der Waals surface area (Å²) in [6.45, 7) is 3.36. The highest BCUT2D eigenvalue weighted by Gasteiger charge is 2.23. The van der Waals surface area contributed by atoms with Gasteiger partial charge in [-0.15, -0.1) is 0 Å². The highest BCUT2D eigenvalue weighted by atomic mass is 35.5. The lowest BCUT2D eigenvalue weighted by atomic mass is 9.98. The molecule has 1 aliphatic heterocycles. The molecule has 168 valence electrons. The lowest BCUT2D eigenvalue weighted by Crippen LogP contribution is -2.27. The SMILES string of the molecule is C/C=C/CCC1COC(c2ccc3c(F)c(CCc4ccc(Cl)c(F)c4)ccc3c2)OC1. The van der Waals surface area contributed by atoms with Crippen molar-refractivity contribution in [1.29, 1.82) is 0 Å². The Labute approximate surface area is 192 Å². The minimum Gasteiger partial charge on any atom is -0.348 e. The van der Waals surface area contributed by atoms with Crippen LogP contribution in [0.15, 0.2) is 60.7 Å². The molecule has 0 aliphatic carbocycles. The van der Waals surface area contributed by atoms with Gasteiger partial charge in [0.2, 0.25) is 0 Å². The second-order valence-electron chi connectivity index (χ2n) is 8.28. The standard InChI is InChI=1S/C27H27ClF2O2/c1-2-3-4-5-19-16-31-27(32-17-19)22-11-12-23-21(15-22)10-9-20(26(23)30)8-6-18-7-13-24(28)25(29)14-18/h2-3,7,9-15,19,27H,4-6,8,16-17H2,1H3/b3-2+. The Morgan fingerprint density at radius 3 is 2.56 bits per heavy atom. The Kier molecular flexibility index (Phi) is 7.56. The summed E-state index contributed by atoms with van der Waals surface area (Å²) < 4.78 is 40.6. The topological polar surface area (TPSA) is 18.5 Å². The predicted molar refractivity (Wildman–Crippen MR) is 125 cm³/mol. The Balaban J connectivity index is 1.42. The van der Waals surface area contributed by atoms with Crippen molar-refractivity contribution in [2.75, 3.05) is 13.2 Å². The van der Waals surface area contributed by atoms with Gasteiger partial charge in [-0.25, -0.2) is 8.78 Å². The van der Waals surface area contributed by atoms with E-state index in [9.17, 15) is 4.39 Å². The summed E-state index contributed by atoms with van der Waals surface area (Å²) in [6, 6.07) is 14.0. The van der Waals surface area contributed by atoms with E-state index in [0.717, 1.165) is 29.4 Å². The van der Waals surface area contributed by atoms with E-state index >= 15 is 4.39 Å². The van der Waals surface area contributed by atoms with Gasteiger partial charge in [0.15, 0.2) is 6.29 Å². The monoisotopic (exact) mass is 456 g/mol. The zero-order valence-corrected chi connectivity index (χ0v) is 18.9. The maximum absolute atomic E-state index is 15.1. The molecule has 0 unspecified atom stereocenters. The zero-order valence-electron chi connectivity index (χ0n) is 18.1. The number of fused-ring (bicyclic) bond motifs is 1. The van der Waals surface area contributed by atoms with Crippen LogP contribution in [0, 0.1) is 17.6 Å². The van der Waals surface area contributed by atoms with Gasteiger partial charge in [0.1, 0.15) is 11.6 Å². The molecule has 0 N–H and O–H groups in total. The van der Waals surface area contributed by atoms with Crippen LogP contribution in [0.2, 0.25) is 5.02 Å². The van der Waals surface area contributed by atoms with Crippen LogP contribution in [-0.4, -0.2) is 13.2 Å². The van der Waals surface area contributed by atoms with Gasteiger partial charge in [0, 0.05) is 16.9 Å². The van der Waals surface area contributed by atoms with Crippen molar-refractivity contribution in [3.05, 3.63) is 94.0 Å². The molecule has 0 spiro atoms. The molecule has 5 heteroatoms. The summed E-state index contributed by atoms with van der Waals surface area (Å²) in [5.41, 5.74) is 2.29. The fraction of sp³-hybridized carbons (Fsp3) is 0.333. The van der Waals surface area contributed by atoms with Crippen molar-refractivity contribution in [2.45, 2.75) is 38.9 Å². The molecular formula is C27H27ClF2O2. The molecule has 1 fully saturated rings. The van der Waals surface area contributed by atoms with Crippen LogP contribution >= 0.6 is 11.6 Å². The van der Waals surface area contributed by atoms with E-state index < -0.39 is 12.1 Å². The molecule has 32 heavy (non-hydrogen) atoms. The van der Waals surface area contributed by atoms with Crippen LogP contribution in [0.1, 0.15) is 42.7 Å². The van der Waals surface area contributed by atoms with Crippen molar-refractivity contribution in [1.82, 2.24) is 0 Å². The average molecular weight is 457 g/mol. The third-order valence-corrected chi connectivity index (χ3v) is 6.25. The smallest absolute Gasteiger partial charge is 0.183 e. The largest absolute Gasteiger partial charge is 0.348 e. The molecule has 0 bridgehead atoms. The van der Waals surface area contributed by atoms with E-state index in [1.54, 1.807) is 18.2 Å². The van der Waals surface area contributed by atoms with E-state index in [2.05, 4.69) is 12.2 Å². The lowest BCUT2D eigenvalue weighted by Gasteiger charge is -2.29. The second-order valence-corrected chi connectivity index (χ2v) is 8.69. The number of ether oxygens (including phenoxy) is 2. The number of aryl methyl sites for hydroxylation is 2. The van der Waals surface area contributed by atoms with Gasteiger partial charge in [-0.05, 0) is 67.3 Å². The minimum atomic E-state index is -0.452. The average Bonchev–Trinajstić information content (AvgIpc) is 2.81. The molecule has 3 aromatic rings. The summed E-state index contributed by atoms with van der Waals surface area (Å²) in [7, 11) is 0. The first-order chi connectivity index (χ1) is 15.5. The molecule has 3 aromatic carbocycles. The van der Waals surface area contributed by atoms with Crippen molar-refractivity contribution < 1.29 is 18.3 Å². The second kappa shape index (κ2) is 10.6. The summed E-state index contributed by atoms with van der Waals surface area (Å²) in [5.74, 6) is -0.290. The molecule has 1 heterocycles. The number of allylic oxidation sites excluding steroid dienone is 2. The van der Waals surface area contributed by atoms with Crippen LogP contribution in [-0.2, 0) is 22.3 Å². The molecule has 4 rings (SSSR count). The molecular weight excluding hydrogens is 430 g/mol. The summed E-state index contributed by atoms with van der Waals surface area (Å²) in [6.07, 6.45) is 6.90. The van der Waals surface area contributed by atoms with E-state index in [1.165, 1.54) is 12.1 Å². The number of hydrogen-bond donors (Lipinski definition) is 0. The van der Waals surface area contributed by atoms with Crippen LogP contribution in [0.3, 0.4) is 0 Å². The summed E-state index contributed by atoms with van der Waals surface area (Å²) >= 11 is 5.73. The van der Waals surface area contributed by atoms with Gasteiger partial charge < -0.3 is 9.47 Å². The maximum Gasteiger partial charge on any atom is 0.183 e.